The average molecular weight is 405 g/mol. The minimum atomic E-state index is -0.267. The van der Waals surface area contributed by atoms with Gasteiger partial charge in [0.2, 0.25) is 17.8 Å². The molecule has 0 atom stereocenters. The number of anilines is 3. The van der Waals surface area contributed by atoms with Gasteiger partial charge in [-0.15, -0.1) is 0 Å². The third-order valence-corrected chi connectivity index (χ3v) is 4.10. The van der Waals surface area contributed by atoms with E-state index >= 15 is 0 Å². The fourth-order valence-electron chi connectivity index (χ4n) is 2.47. The number of hydrogen-bond donors (Lipinski definition) is 4. The van der Waals surface area contributed by atoms with Gasteiger partial charge in [-0.25, -0.2) is 4.39 Å². The summed E-state index contributed by atoms with van der Waals surface area (Å²) < 4.78 is 24.6. The van der Waals surface area contributed by atoms with Crippen molar-refractivity contribution in [1.29, 1.82) is 0 Å². The van der Waals surface area contributed by atoms with Crippen LogP contribution in [0.25, 0.3) is 0 Å². The first-order valence-corrected chi connectivity index (χ1v) is 9.84. The molecule has 0 aliphatic heterocycles. The molecule has 0 bridgehead atoms. The summed E-state index contributed by atoms with van der Waals surface area (Å²) in [7, 11) is 0. The summed E-state index contributed by atoms with van der Waals surface area (Å²) in [6.45, 7) is 3.37. The van der Waals surface area contributed by atoms with Crippen molar-refractivity contribution in [3.8, 4) is 0 Å². The largest absolute Gasteiger partial charge is 0.378 e. The van der Waals surface area contributed by atoms with Gasteiger partial charge in [0, 0.05) is 31.2 Å². The van der Waals surface area contributed by atoms with Gasteiger partial charge in [0.15, 0.2) is 0 Å². The molecule has 9 nitrogen and oxygen atoms in total. The predicted molar refractivity (Wildman–Crippen MR) is 109 cm³/mol. The Morgan fingerprint density at radius 1 is 0.931 bits per heavy atom. The van der Waals surface area contributed by atoms with Gasteiger partial charge < -0.3 is 31.2 Å². The van der Waals surface area contributed by atoms with Gasteiger partial charge >= 0.3 is 0 Å². The first kappa shape index (κ1) is 21.2. The average Bonchev–Trinajstić information content (AvgIpc) is 3.53. The lowest BCUT2D eigenvalue weighted by Crippen LogP contribution is -2.17. The lowest BCUT2D eigenvalue weighted by molar-refractivity contribution is 0.0547. The van der Waals surface area contributed by atoms with Crippen molar-refractivity contribution in [2.45, 2.75) is 25.4 Å². The third-order valence-electron chi connectivity index (χ3n) is 4.10. The van der Waals surface area contributed by atoms with Crippen LogP contribution in [0.15, 0.2) is 24.3 Å². The van der Waals surface area contributed by atoms with Crippen LogP contribution in [0.2, 0.25) is 0 Å². The van der Waals surface area contributed by atoms with Crippen LogP contribution < -0.4 is 21.7 Å². The molecule has 0 saturated heterocycles. The molecule has 29 heavy (non-hydrogen) atoms. The zero-order chi connectivity index (χ0) is 20.3. The topological polar surface area (TPSA) is 119 Å². The number of nitrogens with zero attached hydrogens (tertiary/aromatic N) is 3. The minimum Gasteiger partial charge on any atom is -0.378 e. The van der Waals surface area contributed by atoms with Gasteiger partial charge in [0.25, 0.3) is 0 Å². The zero-order valence-electron chi connectivity index (χ0n) is 16.4. The lowest BCUT2D eigenvalue weighted by Gasteiger charge is -2.11. The van der Waals surface area contributed by atoms with Crippen LogP contribution in [0.4, 0.5) is 22.2 Å². The van der Waals surface area contributed by atoms with Gasteiger partial charge in [-0.05, 0) is 18.9 Å². The summed E-state index contributed by atoms with van der Waals surface area (Å²) in [6.07, 6.45) is 2.21. The van der Waals surface area contributed by atoms with Crippen LogP contribution in [0.5, 0.6) is 0 Å². The van der Waals surface area contributed by atoms with Crippen molar-refractivity contribution in [2.24, 2.45) is 5.73 Å². The molecule has 1 fully saturated rings. The van der Waals surface area contributed by atoms with E-state index in [4.69, 9.17) is 15.2 Å². The molecule has 1 aliphatic rings. The van der Waals surface area contributed by atoms with Crippen molar-refractivity contribution in [2.75, 3.05) is 55.5 Å². The molecule has 0 radical (unpaired) electrons. The monoisotopic (exact) mass is 405 g/mol. The second kappa shape index (κ2) is 11.4. The van der Waals surface area contributed by atoms with Gasteiger partial charge in [0.05, 0.1) is 26.4 Å². The standard InChI is InChI=1S/C19H28FN7O2/c20-16-4-2-1-3-14(16)13-23-18-25-17(26-19(27-18)24-15-5-6-15)22-8-10-29-12-11-28-9-7-21/h1-4,15H,5-13,21H2,(H3,22,23,24,25,26,27). The van der Waals surface area contributed by atoms with E-state index in [9.17, 15) is 4.39 Å². The predicted octanol–water partition coefficient (Wildman–Crippen LogP) is 1.60. The van der Waals surface area contributed by atoms with E-state index in [2.05, 4.69) is 30.9 Å². The van der Waals surface area contributed by atoms with Gasteiger partial charge in [-0.2, -0.15) is 15.0 Å². The van der Waals surface area contributed by atoms with Crippen LogP contribution in [-0.4, -0.2) is 60.5 Å². The fourth-order valence-corrected chi connectivity index (χ4v) is 2.47. The van der Waals surface area contributed by atoms with Crippen molar-refractivity contribution < 1.29 is 13.9 Å². The molecule has 1 heterocycles. The van der Waals surface area contributed by atoms with E-state index in [0.29, 0.717) is 69.0 Å². The molecule has 3 rings (SSSR count). The number of nitrogens with two attached hydrogens (primary N) is 1. The molecule has 1 saturated carbocycles. The first-order chi connectivity index (χ1) is 14.2. The van der Waals surface area contributed by atoms with Crippen molar-refractivity contribution in [3.05, 3.63) is 35.6 Å². The van der Waals surface area contributed by atoms with Crippen molar-refractivity contribution >= 4 is 17.8 Å². The highest BCUT2D eigenvalue weighted by Gasteiger charge is 2.22. The summed E-state index contributed by atoms with van der Waals surface area (Å²) in [5, 5.41) is 9.46. The Kier molecular flexibility index (Phi) is 8.35. The van der Waals surface area contributed by atoms with Crippen LogP contribution in [0.1, 0.15) is 18.4 Å². The summed E-state index contributed by atoms with van der Waals surface area (Å²) in [6, 6.07) is 7.01. The Bertz CT molecular complexity index is 761. The first-order valence-electron chi connectivity index (χ1n) is 9.84. The molecular formula is C19H28FN7O2. The molecule has 158 valence electrons. The Labute approximate surface area is 169 Å². The second-order valence-electron chi connectivity index (χ2n) is 6.61. The highest BCUT2D eigenvalue weighted by Crippen LogP contribution is 2.23. The zero-order valence-corrected chi connectivity index (χ0v) is 16.4. The Hall–Kier alpha value is -2.56. The quantitative estimate of drug-likeness (QED) is 0.347. The Morgan fingerprint density at radius 2 is 1.62 bits per heavy atom. The van der Waals surface area contributed by atoms with Gasteiger partial charge in [-0.1, -0.05) is 18.2 Å². The maximum Gasteiger partial charge on any atom is 0.229 e. The van der Waals surface area contributed by atoms with Crippen molar-refractivity contribution in [1.82, 2.24) is 15.0 Å². The molecule has 5 N–H and O–H groups in total. The van der Waals surface area contributed by atoms with Gasteiger partial charge in [0.1, 0.15) is 5.82 Å². The number of hydrogen-bond acceptors (Lipinski definition) is 9. The number of halogens is 1. The van der Waals surface area contributed by atoms with E-state index in [1.54, 1.807) is 18.2 Å². The fraction of sp³-hybridized carbons (Fsp3) is 0.526. The molecule has 1 aliphatic carbocycles. The molecule has 0 amide bonds. The Balaban J connectivity index is 1.50. The molecule has 1 aromatic carbocycles. The summed E-state index contributed by atoms with van der Waals surface area (Å²) in [5.41, 5.74) is 5.90. The van der Waals surface area contributed by atoms with E-state index in [-0.39, 0.29) is 12.4 Å². The maximum absolute atomic E-state index is 13.8. The maximum atomic E-state index is 13.8. The van der Waals surface area contributed by atoms with Crippen LogP contribution in [-0.2, 0) is 16.0 Å². The number of aromatic nitrogens is 3. The highest BCUT2D eigenvalue weighted by molar-refractivity contribution is 5.43. The summed E-state index contributed by atoms with van der Waals surface area (Å²) in [5.74, 6) is 1.04. The number of nitrogens with one attached hydrogen (secondary N) is 3. The second-order valence-corrected chi connectivity index (χ2v) is 6.61. The molecule has 2 aromatic rings. The smallest absolute Gasteiger partial charge is 0.229 e. The number of benzene rings is 1. The highest BCUT2D eigenvalue weighted by atomic mass is 19.1. The van der Waals surface area contributed by atoms with Crippen molar-refractivity contribution in [3.63, 3.8) is 0 Å². The van der Waals surface area contributed by atoms with Crippen LogP contribution in [0, 0.1) is 5.82 Å². The van der Waals surface area contributed by atoms with E-state index < -0.39 is 0 Å². The van der Waals surface area contributed by atoms with Gasteiger partial charge in [-0.3, -0.25) is 0 Å². The number of ether oxygens (including phenoxy) is 2. The SMILES string of the molecule is NCCOCCOCCNc1nc(NCc2ccccc2F)nc(NC2CC2)n1. The molecule has 0 spiro atoms. The van der Waals surface area contributed by atoms with E-state index in [1.165, 1.54) is 6.07 Å². The van der Waals surface area contributed by atoms with E-state index in [0.717, 1.165) is 12.8 Å². The lowest BCUT2D eigenvalue weighted by atomic mass is 10.2. The molecular weight excluding hydrogens is 377 g/mol. The van der Waals surface area contributed by atoms with Crippen LogP contribution >= 0.6 is 0 Å². The normalized spacial score (nSPS) is 13.3. The van der Waals surface area contributed by atoms with Crippen LogP contribution in [0.3, 0.4) is 0 Å². The minimum absolute atomic E-state index is 0.267. The Morgan fingerprint density at radius 3 is 2.34 bits per heavy atom. The molecule has 0 unspecified atom stereocenters. The van der Waals surface area contributed by atoms with E-state index in [1.807, 2.05) is 0 Å². The summed E-state index contributed by atoms with van der Waals surface area (Å²) >= 11 is 0. The molecule has 10 heteroatoms. The number of rotatable bonds is 14. The summed E-state index contributed by atoms with van der Waals surface area (Å²) in [4.78, 5) is 13.1. The molecule has 1 aromatic heterocycles. The third kappa shape index (κ3) is 7.76.